The molecule has 0 aliphatic rings. The summed E-state index contributed by atoms with van der Waals surface area (Å²) in [7, 11) is 4.13. The zero-order valence-corrected chi connectivity index (χ0v) is 19.6. The molecule has 33 heavy (non-hydrogen) atoms. The van der Waals surface area contributed by atoms with Crippen molar-refractivity contribution in [3.05, 3.63) is 89.7 Å². The van der Waals surface area contributed by atoms with Gasteiger partial charge in [-0.15, -0.1) is 0 Å². The maximum absolute atomic E-state index is 12.0. The Morgan fingerprint density at radius 3 is 1.73 bits per heavy atom. The first-order chi connectivity index (χ1) is 16.1. The summed E-state index contributed by atoms with van der Waals surface area (Å²) in [5.41, 5.74) is 3.82. The highest BCUT2D eigenvalue weighted by Gasteiger charge is 2.17. The van der Waals surface area contributed by atoms with Gasteiger partial charge in [0.2, 0.25) is 0 Å². The zero-order valence-electron chi connectivity index (χ0n) is 19.6. The fraction of sp³-hybridized carbons (Fsp3) is 0.286. The lowest BCUT2D eigenvalue weighted by molar-refractivity contribution is -0.144. The normalized spacial score (nSPS) is 11.5. The quantitative estimate of drug-likeness (QED) is 0.270. The third-order valence-corrected chi connectivity index (χ3v) is 5.92. The molecule has 1 aromatic heterocycles. The van der Waals surface area contributed by atoms with Crippen LogP contribution in [0.1, 0.15) is 23.6 Å². The number of aromatic nitrogens is 1. The second-order valence-corrected chi connectivity index (χ2v) is 8.55. The molecule has 0 saturated carbocycles. The van der Waals surface area contributed by atoms with Gasteiger partial charge in [0, 0.05) is 32.0 Å². The Bertz CT molecular complexity index is 1180. The van der Waals surface area contributed by atoms with E-state index in [1.807, 2.05) is 31.3 Å². The number of fused-ring (bicyclic) bond motifs is 2. The molecule has 4 aromatic rings. The summed E-state index contributed by atoms with van der Waals surface area (Å²) in [5, 5.41) is 4.99. The summed E-state index contributed by atoms with van der Waals surface area (Å²) in [4.78, 5) is 20.5. The third-order valence-electron chi connectivity index (χ3n) is 5.92. The van der Waals surface area contributed by atoms with Gasteiger partial charge in [-0.05, 0) is 71.4 Å². The molecule has 0 unspecified atom stereocenters. The van der Waals surface area contributed by atoms with Crippen LogP contribution in [0, 0.1) is 0 Å². The Balaban J connectivity index is 1.73. The SMILES string of the molecule is CCOC(=O)CN(C)Cc1c2ccccc2c(CN(C)Cc2ccncc2)c2ccccc12. The first kappa shape index (κ1) is 22.9. The highest BCUT2D eigenvalue weighted by molar-refractivity contribution is 6.05. The van der Waals surface area contributed by atoms with Crippen molar-refractivity contribution < 1.29 is 9.53 Å². The van der Waals surface area contributed by atoms with Crippen LogP contribution >= 0.6 is 0 Å². The highest BCUT2D eigenvalue weighted by Crippen LogP contribution is 2.34. The van der Waals surface area contributed by atoms with E-state index in [2.05, 4.69) is 77.6 Å². The smallest absolute Gasteiger partial charge is 0.320 e. The molecule has 0 amide bonds. The lowest BCUT2D eigenvalue weighted by atomic mass is 9.91. The number of hydrogen-bond donors (Lipinski definition) is 0. The molecule has 0 radical (unpaired) electrons. The molecule has 1 heterocycles. The zero-order chi connectivity index (χ0) is 23.2. The van der Waals surface area contributed by atoms with Crippen molar-refractivity contribution in [3.63, 3.8) is 0 Å². The number of carbonyl (C=O) groups excluding carboxylic acids is 1. The number of nitrogens with zero attached hydrogens (tertiary/aromatic N) is 3. The molecule has 0 bridgehead atoms. The number of hydrogen-bond acceptors (Lipinski definition) is 5. The van der Waals surface area contributed by atoms with Crippen molar-refractivity contribution >= 4 is 27.5 Å². The van der Waals surface area contributed by atoms with E-state index in [1.165, 1.54) is 38.2 Å². The van der Waals surface area contributed by atoms with Crippen LogP contribution in [0.15, 0.2) is 73.1 Å². The average Bonchev–Trinajstić information content (AvgIpc) is 2.82. The highest BCUT2D eigenvalue weighted by atomic mass is 16.5. The second kappa shape index (κ2) is 10.6. The van der Waals surface area contributed by atoms with E-state index >= 15 is 0 Å². The summed E-state index contributed by atoms with van der Waals surface area (Å²) < 4.78 is 5.15. The number of carbonyl (C=O) groups is 1. The second-order valence-electron chi connectivity index (χ2n) is 8.55. The van der Waals surface area contributed by atoms with Crippen molar-refractivity contribution in [1.29, 1.82) is 0 Å². The maximum Gasteiger partial charge on any atom is 0.320 e. The van der Waals surface area contributed by atoms with E-state index in [9.17, 15) is 4.79 Å². The molecule has 4 rings (SSSR count). The van der Waals surface area contributed by atoms with Crippen LogP contribution in [-0.2, 0) is 29.2 Å². The number of rotatable bonds is 9. The van der Waals surface area contributed by atoms with E-state index in [1.54, 1.807) is 0 Å². The number of ether oxygens (including phenoxy) is 1. The molecule has 0 spiro atoms. The van der Waals surface area contributed by atoms with Crippen molar-refractivity contribution in [1.82, 2.24) is 14.8 Å². The van der Waals surface area contributed by atoms with Crippen LogP contribution in [-0.4, -0.2) is 48.0 Å². The molecule has 0 N–H and O–H groups in total. The summed E-state index contributed by atoms with van der Waals surface area (Å²) in [6, 6.07) is 21.4. The van der Waals surface area contributed by atoms with Gasteiger partial charge >= 0.3 is 5.97 Å². The van der Waals surface area contributed by atoms with Crippen LogP contribution in [0.3, 0.4) is 0 Å². The molecule has 0 aliphatic carbocycles. The van der Waals surface area contributed by atoms with Crippen molar-refractivity contribution in [2.45, 2.75) is 26.6 Å². The van der Waals surface area contributed by atoms with Gasteiger partial charge < -0.3 is 4.74 Å². The van der Waals surface area contributed by atoms with Gasteiger partial charge in [0.05, 0.1) is 13.2 Å². The number of likely N-dealkylation sites (N-methyl/N-ethyl adjacent to an activating group) is 1. The van der Waals surface area contributed by atoms with Gasteiger partial charge in [-0.1, -0.05) is 48.5 Å². The Labute approximate surface area is 195 Å². The van der Waals surface area contributed by atoms with E-state index in [0.717, 1.165) is 13.1 Å². The average molecular weight is 442 g/mol. The van der Waals surface area contributed by atoms with Gasteiger partial charge in [0.1, 0.15) is 0 Å². The molecular weight excluding hydrogens is 410 g/mol. The topological polar surface area (TPSA) is 45.7 Å². The summed E-state index contributed by atoms with van der Waals surface area (Å²) in [6.07, 6.45) is 3.69. The predicted octanol–water partition coefficient (Wildman–Crippen LogP) is 5.01. The third kappa shape index (κ3) is 5.38. The van der Waals surface area contributed by atoms with Gasteiger partial charge in [0.25, 0.3) is 0 Å². The number of benzene rings is 3. The van der Waals surface area contributed by atoms with E-state index in [4.69, 9.17) is 4.74 Å². The Hall–Kier alpha value is -3.28. The Morgan fingerprint density at radius 2 is 1.24 bits per heavy atom. The monoisotopic (exact) mass is 441 g/mol. The van der Waals surface area contributed by atoms with Gasteiger partial charge in [-0.2, -0.15) is 0 Å². The van der Waals surface area contributed by atoms with Crippen molar-refractivity contribution in [2.24, 2.45) is 0 Å². The molecule has 3 aromatic carbocycles. The van der Waals surface area contributed by atoms with Gasteiger partial charge in [-0.25, -0.2) is 0 Å². The molecule has 5 nitrogen and oxygen atoms in total. The van der Waals surface area contributed by atoms with Gasteiger partial charge in [-0.3, -0.25) is 19.6 Å². The molecule has 5 heteroatoms. The van der Waals surface area contributed by atoms with Crippen LogP contribution in [0.4, 0.5) is 0 Å². The predicted molar refractivity (Wildman–Crippen MR) is 134 cm³/mol. The van der Waals surface area contributed by atoms with E-state index < -0.39 is 0 Å². The largest absolute Gasteiger partial charge is 0.465 e. The first-order valence-corrected chi connectivity index (χ1v) is 11.4. The standard InChI is InChI=1S/C28H31N3O2/c1-4-33-28(32)20-31(3)19-27-24-11-7-5-9-22(24)26(23-10-6-8-12-25(23)27)18-30(2)17-21-13-15-29-16-14-21/h5-16H,4,17-20H2,1-3H3. The number of esters is 1. The molecule has 0 saturated heterocycles. The molecule has 0 atom stereocenters. The fourth-order valence-electron chi connectivity index (χ4n) is 4.53. The minimum Gasteiger partial charge on any atom is -0.465 e. The summed E-state index contributed by atoms with van der Waals surface area (Å²) in [6.45, 7) is 4.88. The minimum atomic E-state index is -0.192. The summed E-state index contributed by atoms with van der Waals surface area (Å²) >= 11 is 0. The molecule has 170 valence electrons. The van der Waals surface area contributed by atoms with Crippen LogP contribution in [0.25, 0.3) is 21.5 Å². The van der Waals surface area contributed by atoms with Crippen LogP contribution < -0.4 is 0 Å². The van der Waals surface area contributed by atoms with E-state index in [0.29, 0.717) is 13.2 Å². The lowest BCUT2D eigenvalue weighted by Crippen LogP contribution is -2.27. The number of pyridine rings is 1. The van der Waals surface area contributed by atoms with Crippen molar-refractivity contribution in [2.75, 3.05) is 27.2 Å². The first-order valence-electron chi connectivity index (χ1n) is 11.4. The molecular formula is C28H31N3O2. The fourth-order valence-corrected chi connectivity index (χ4v) is 4.53. The Morgan fingerprint density at radius 1 is 0.758 bits per heavy atom. The van der Waals surface area contributed by atoms with Gasteiger partial charge in [0.15, 0.2) is 0 Å². The Kier molecular flexibility index (Phi) is 7.33. The summed E-state index contributed by atoms with van der Waals surface area (Å²) in [5.74, 6) is -0.192. The lowest BCUT2D eigenvalue weighted by Gasteiger charge is -2.23. The minimum absolute atomic E-state index is 0.192. The molecule has 0 fully saturated rings. The van der Waals surface area contributed by atoms with Crippen molar-refractivity contribution in [3.8, 4) is 0 Å². The maximum atomic E-state index is 12.0. The van der Waals surface area contributed by atoms with Crippen LogP contribution in [0.2, 0.25) is 0 Å². The molecule has 0 aliphatic heterocycles. The van der Waals surface area contributed by atoms with E-state index in [-0.39, 0.29) is 12.5 Å². The van der Waals surface area contributed by atoms with Crippen LogP contribution in [0.5, 0.6) is 0 Å².